The van der Waals surface area contributed by atoms with Gasteiger partial charge in [0.25, 0.3) is 5.91 Å². The van der Waals surface area contributed by atoms with Crippen molar-refractivity contribution >= 4 is 23.5 Å². The van der Waals surface area contributed by atoms with E-state index in [1.165, 1.54) is 7.11 Å². The molecule has 1 amide bonds. The van der Waals surface area contributed by atoms with Crippen molar-refractivity contribution in [2.24, 2.45) is 0 Å². The molecule has 0 aliphatic rings. The second-order valence-electron chi connectivity index (χ2n) is 3.74. The molecule has 0 saturated heterocycles. The quantitative estimate of drug-likeness (QED) is 0.834. The van der Waals surface area contributed by atoms with Gasteiger partial charge in [0.1, 0.15) is 0 Å². The lowest BCUT2D eigenvalue weighted by Crippen LogP contribution is -2.26. The number of hydrogen-bond acceptors (Lipinski definition) is 3. The van der Waals surface area contributed by atoms with Crippen LogP contribution in [0.5, 0.6) is 0 Å². The van der Waals surface area contributed by atoms with Crippen LogP contribution in [0.3, 0.4) is 0 Å². The van der Waals surface area contributed by atoms with Gasteiger partial charge in [-0.2, -0.15) is 0 Å². The van der Waals surface area contributed by atoms with Crippen molar-refractivity contribution in [2.75, 3.05) is 13.7 Å². The van der Waals surface area contributed by atoms with Crippen molar-refractivity contribution in [2.45, 2.75) is 19.8 Å². The number of hydrogen-bond donors (Lipinski definition) is 1. The fourth-order valence-corrected chi connectivity index (χ4v) is 1.77. The van der Waals surface area contributed by atoms with Crippen LogP contribution < -0.4 is 5.32 Å². The van der Waals surface area contributed by atoms with E-state index in [2.05, 4.69) is 10.1 Å². The van der Waals surface area contributed by atoms with Crippen LogP contribution in [-0.4, -0.2) is 25.5 Å². The van der Waals surface area contributed by atoms with Crippen LogP contribution in [0.2, 0.25) is 5.02 Å². The summed E-state index contributed by atoms with van der Waals surface area (Å²) in [6.07, 6.45) is 0.978. The van der Waals surface area contributed by atoms with Gasteiger partial charge in [-0.3, -0.25) is 9.59 Å². The molecule has 0 fully saturated rings. The number of nitrogens with one attached hydrogen (secondary N) is 1. The Morgan fingerprint density at radius 1 is 1.39 bits per heavy atom. The summed E-state index contributed by atoms with van der Waals surface area (Å²) in [5.74, 6) is -0.599. The number of carbonyl (C=O) groups is 2. The summed E-state index contributed by atoms with van der Waals surface area (Å²) in [6.45, 7) is 2.25. The summed E-state index contributed by atoms with van der Waals surface area (Å²) >= 11 is 6.03. The molecule has 18 heavy (non-hydrogen) atoms. The first-order valence-electron chi connectivity index (χ1n) is 5.72. The summed E-state index contributed by atoms with van der Waals surface area (Å²) < 4.78 is 4.48. The van der Waals surface area contributed by atoms with E-state index in [9.17, 15) is 9.59 Å². The van der Waals surface area contributed by atoms with E-state index in [-0.39, 0.29) is 24.8 Å². The van der Waals surface area contributed by atoms with Gasteiger partial charge in [-0.15, -0.1) is 0 Å². The van der Waals surface area contributed by atoms with Gasteiger partial charge in [0.15, 0.2) is 0 Å². The monoisotopic (exact) mass is 269 g/mol. The molecule has 0 heterocycles. The number of aryl methyl sites for hydroxylation is 1. The standard InChI is InChI=1S/C13H16ClNO3/c1-3-9-4-5-10(8-11(9)14)13(17)15-7-6-12(16)18-2/h4-5,8H,3,6-7H2,1-2H3,(H,15,17). The van der Waals surface area contributed by atoms with E-state index in [1.54, 1.807) is 12.1 Å². The number of esters is 1. The van der Waals surface area contributed by atoms with Crippen molar-refractivity contribution < 1.29 is 14.3 Å². The van der Waals surface area contributed by atoms with Gasteiger partial charge in [0, 0.05) is 17.1 Å². The second kappa shape index (κ2) is 7.01. The summed E-state index contributed by atoms with van der Waals surface area (Å²) in [4.78, 5) is 22.6. The molecule has 0 atom stereocenters. The highest BCUT2D eigenvalue weighted by Gasteiger charge is 2.08. The third-order valence-corrected chi connectivity index (χ3v) is 2.89. The van der Waals surface area contributed by atoms with Crippen molar-refractivity contribution in [3.63, 3.8) is 0 Å². The van der Waals surface area contributed by atoms with Crippen LogP contribution in [0.25, 0.3) is 0 Å². The third-order valence-electron chi connectivity index (χ3n) is 2.54. The molecule has 5 heteroatoms. The molecule has 0 bridgehead atoms. The molecule has 0 aromatic heterocycles. The number of ether oxygens (including phenoxy) is 1. The molecule has 1 rings (SSSR count). The Bertz CT molecular complexity index is 446. The summed E-state index contributed by atoms with van der Waals surface area (Å²) in [5, 5.41) is 3.21. The molecule has 98 valence electrons. The molecule has 0 aliphatic heterocycles. The minimum atomic E-state index is -0.352. The van der Waals surface area contributed by atoms with E-state index < -0.39 is 0 Å². The first-order chi connectivity index (χ1) is 8.58. The molecule has 4 nitrogen and oxygen atoms in total. The molecular formula is C13H16ClNO3. The predicted octanol–water partition coefficient (Wildman–Crippen LogP) is 2.20. The van der Waals surface area contributed by atoms with Gasteiger partial charge in [-0.05, 0) is 24.1 Å². The fraction of sp³-hybridized carbons (Fsp3) is 0.385. The van der Waals surface area contributed by atoms with E-state index in [4.69, 9.17) is 11.6 Å². The fourth-order valence-electron chi connectivity index (χ4n) is 1.46. The van der Waals surface area contributed by atoms with Crippen LogP contribution in [0.15, 0.2) is 18.2 Å². The SMILES string of the molecule is CCc1ccc(C(=O)NCCC(=O)OC)cc1Cl. The largest absolute Gasteiger partial charge is 0.469 e. The van der Waals surface area contributed by atoms with Crippen LogP contribution >= 0.6 is 11.6 Å². The maximum absolute atomic E-state index is 11.7. The molecule has 0 unspecified atom stereocenters. The number of methoxy groups -OCH3 is 1. The van der Waals surface area contributed by atoms with Gasteiger partial charge < -0.3 is 10.1 Å². The minimum Gasteiger partial charge on any atom is -0.469 e. The maximum atomic E-state index is 11.7. The van der Waals surface area contributed by atoms with Gasteiger partial charge in [-0.1, -0.05) is 24.6 Å². The zero-order valence-corrected chi connectivity index (χ0v) is 11.2. The van der Waals surface area contributed by atoms with Gasteiger partial charge >= 0.3 is 5.97 Å². The van der Waals surface area contributed by atoms with Gasteiger partial charge in [0.2, 0.25) is 0 Å². The highest BCUT2D eigenvalue weighted by Crippen LogP contribution is 2.18. The summed E-state index contributed by atoms with van der Waals surface area (Å²) in [6, 6.07) is 5.18. The molecule has 0 radical (unpaired) electrons. The highest BCUT2D eigenvalue weighted by molar-refractivity contribution is 6.31. The summed E-state index contributed by atoms with van der Waals surface area (Å²) in [7, 11) is 1.31. The normalized spacial score (nSPS) is 9.94. The lowest BCUT2D eigenvalue weighted by molar-refractivity contribution is -0.140. The first-order valence-corrected chi connectivity index (χ1v) is 6.09. The molecule has 0 saturated carbocycles. The Morgan fingerprint density at radius 2 is 2.11 bits per heavy atom. The van der Waals surface area contributed by atoms with Crippen molar-refractivity contribution in [1.82, 2.24) is 5.32 Å². The van der Waals surface area contributed by atoms with Crippen LogP contribution in [-0.2, 0) is 16.0 Å². The van der Waals surface area contributed by atoms with Gasteiger partial charge in [-0.25, -0.2) is 0 Å². The number of carbonyl (C=O) groups excluding carboxylic acids is 2. The average molecular weight is 270 g/mol. The highest BCUT2D eigenvalue weighted by atomic mass is 35.5. The first kappa shape index (κ1) is 14.5. The number of halogens is 1. The lowest BCUT2D eigenvalue weighted by Gasteiger charge is -2.06. The Hall–Kier alpha value is -1.55. The topological polar surface area (TPSA) is 55.4 Å². The minimum absolute atomic E-state index is 0.156. The van der Waals surface area contributed by atoms with E-state index in [1.807, 2.05) is 13.0 Å². The smallest absolute Gasteiger partial charge is 0.307 e. The maximum Gasteiger partial charge on any atom is 0.307 e. The Balaban J connectivity index is 2.56. The predicted molar refractivity (Wildman–Crippen MR) is 69.8 cm³/mol. The number of benzene rings is 1. The Morgan fingerprint density at radius 3 is 2.67 bits per heavy atom. The molecule has 1 aromatic carbocycles. The molecule has 0 spiro atoms. The second-order valence-corrected chi connectivity index (χ2v) is 4.15. The molecule has 1 aromatic rings. The van der Waals surface area contributed by atoms with Gasteiger partial charge in [0.05, 0.1) is 13.5 Å². The molecular weight excluding hydrogens is 254 g/mol. The van der Waals surface area contributed by atoms with Crippen molar-refractivity contribution in [1.29, 1.82) is 0 Å². The van der Waals surface area contributed by atoms with E-state index >= 15 is 0 Å². The lowest BCUT2D eigenvalue weighted by atomic mass is 10.1. The Kier molecular flexibility index (Phi) is 5.65. The van der Waals surface area contributed by atoms with Crippen molar-refractivity contribution in [3.8, 4) is 0 Å². The van der Waals surface area contributed by atoms with Crippen molar-refractivity contribution in [3.05, 3.63) is 34.3 Å². The summed E-state index contributed by atoms with van der Waals surface area (Å²) in [5.41, 5.74) is 1.49. The third kappa shape index (κ3) is 4.04. The molecule has 1 N–H and O–H groups in total. The zero-order chi connectivity index (χ0) is 13.5. The molecule has 0 aliphatic carbocycles. The zero-order valence-electron chi connectivity index (χ0n) is 10.5. The van der Waals surface area contributed by atoms with Crippen LogP contribution in [0.4, 0.5) is 0 Å². The Labute approximate surface area is 111 Å². The number of amides is 1. The van der Waals surface area contributed by atoms with Crippen LogP contribution in [0.1, 0.15) is 29.3 Å². The van der Waals surface area contributed by atoms with E-state index in [0.29, 0.717) is 10.6 Å². The average Bonchev–Trinajstić information content (AvgIpc) is 2.38. The number of rotatable bonds is 5. The van der Waals surface area contributed by atoms with E-state index in [0.717, 1.165) is 12.0 Å². The van der Waals surface area contributed by atoms with Crippen LogP contribution in [0, 0.1) is 0 Å².